The quantitative estimate of drug-likeness (QED) is 0.759. The summed E-state index contributed by atoms with van der Waals surface area (Å²) in [5, 5.41) is 18.4. The molecule has 24 heavy (non-hydrogen) atoms. The molecular formula is C16H11F2NO4S. The first-order valence-electron chi connectivity index (χ1n) is 6.83. The highest BCUT2D eigenvalue weighted by molar-refractivity contribution is 7.12. The van der Waals surface area contributed by atoms with E-state index in [1.54, 1.807) is 0 Å². The molecule has 0 aliphatic heterocycles. The molecule has 0 radical (unpaired) electrons. The number of phenols is 1. The van der Waals surface area contributed by atoms with Gasteiger partial charge in [0.05, 0.1) is 16.8 Å². The summed E-state index contributed by atoms with van der Waals surface area (Å²) in [6.45, 7) is 1.52. The number of phenolic OH excluding ortho intramolecular Hbond substituents is 1. The Balaban J connectivity index is 2.30. The van der Waals surface area contributed by atoms with Crippen LogP contribution in [0.1, 0.15) is 20.9 Å². The lowest BCUT2D eigenvalue weighted by Crippen LogP contribution is -2.13. The average Bonchev–Trinajstić information content (AvgIpc) is 3.03. The van der Waals surface area contributed by atoms with Crippen molar-refractivity contribution < 1.29 is 28.6 Å². The first-order valence-corrected chi connectivity index (χ1v) is 7.65. The van der Waals surface area contributed by atoms with Crippen LogP contribution in [0.3, 0.4) is 0 Å². The molecule has 0 amide bonds. The summed E-state index contributed by atoms with van der Waals surface area (Å²) in [6.07, 6.45) is -0.396. The van der Waals surface area contributed by atoms with Gasteiger partial charge in [0.2, 0.25) is 0 Å². The zero-order valence-corrected chi connectivity index (χ0v) is 13.2. The molecule has 2 aromatic heterocycles. The number of carboxylic acid groups (broad SMARTS) is 1. The van der Waals surface area contributed by atoms with Crippen molar-refractivity contribution in [1.82, 2.24) is 4.57 Å². The molecule has 0 spiro atoms. The van der Waals surface area contributed by atoms with Crippen LogP contribution in [0.25, 0.3) is 10.9 Å². The molecule has 5 nitrogen and oxygen atoms in total. The Morgan fingerprint density at radius 3 is 2.54 bits per heavy atom. The standard InChI is InChI=1S/C16H11F2NO4S/c1-7-8(5-15(21)22)9-4-12(20)10(17)6-11(9)19(7)16(23)13-2-3-14(18)24-13/h2-4,6,20H,5H2,1H3,(H,21,22). The molecule has 0 aliphatic rings. The fourth-order valence-electron chi connectivity index (χ4n) is 2.66. The third-order valence-corrected chi connectivity index (χ3v) is 4.58. The van der Waals surface area contributed by atoms with E-state index in [-0.39, 0.29) is 21.3 Å². The van der Waals surface area contributed by atoms with Gasteiger partial charge in [0.15, 0.2) is 16.7 Å². The molecule has 2 N–H and O–H groups in total. The number of fused-ring (bicyclic) bond motifs is 1. The minimum absolute atomic E-state index is 0.0999. The topological polar surface area (TPSA) is 79.5 Å². The highest BCUT2D eigenvalue weighted by Gasteiger charge is 2.23. The maximum atomic E-state index is 13.8. The van der Waals surface area contributed by atoms with Gasteiger partial charge in [-0.2, -0.15) is 4.39 Å². The lowest BCUT2D eigenvalue weighted by atomic mass is 10.1. The minimum Gasteiger partial charge on any atom is -0.505 e. The summed E-state index contributed by atoms with van der Waals surface area (Å²) < 4.78 is 28.1. The van der Waals surface area contributed by atoms with Gasteiger partial charge < -0.3 is 10.2 Å². The lowest BCUT2D eigenvalue weighted by molar-refractivity contribution is -0.136. The molecule has 0 saturated heterocycles. The molecule has 124 valence electrons. The van der Waals surface area contributed by atoms with E-state index in [0.29, 0.717) is 17.0 Å². The third kappa shape index (κ3) is 2.54. The number of halogens is 2. The predicted octanol–water partition coefficient (Wildman–Crippen LogP) is 3.31. The number of thiophene rings is 1. The second-order valence-electron chi connectivity index (χ2n) is 5.20. The second-order valence-corrected chi connectivity index (χ2v) is 6.23. The van der Waals surface area contributed by atoms with Gasteiger partial charge in [-0.3, -0.25) is 14.2 Å². The number of benzene rings is 1. The number of aliphatic carboxylic acids is 1. The molecule has 0 aliphatic carbocycles. The first kappa shape index (κ1) is 16.1. The number of rotatable bonds is 3. The summed E-state index contributed by atoms with van der Waals surface area (Å²) in [7, 11) is 0. The van der Waals surface area contributed by atoms with Gasteiger partial charge >= 0.3 is 5.97 Å². The molecule has 2 heterocycles. The molecule has 0 bridgehead atoms. The molecular weight excluding hydrogens is 340 g/mol. The highest BCUT2D eigenvalue weighted by atomic mass is 32.1. The molecule has 0 saturated carbocycles. The number of carbonyl (C=O) groups is 2. The fraction of sp³-hybridized carbons (Fsp3) is 0.125. The van der Waals surface area contributed by atoms with Crippen molar-refractivity contribution in [3.63, 3.8) is 0 Å². The van der Waals surface area contributed by atoms with Crippen LogP contribution in [0, 0.1) is 17.9 Å². The summed E-state index contributed by atoms with van der Waals surface area (Å²) in [6, 6.07) is 4.50. The molecule has 8 heteroatoms. The number of nitrogens with zero attached hydrogens (tertiary/aromatic N) is 1. The van der Waals surface area contributed by atoms with Crippen LogP contribution >= 0.6 is 11.3 Å². The van der Waals surface area contributed by atoms with E-state index in [2.05, 4.69) is 0 Å². The fourth-order valence-corrected chi connectivity index (χ4v) is 3.32. The van der Waals surface area contributed by atoms with Crippen LogP contribution in [0.15, 0.2) is 24.3 Å². The SMILES string of the molecule is Cc1c(CC(=O)O)c2cc(O)c(F)cc2n1C(=O)c1ccc(F)s1. The van der Waals surface area contributed by atoms with E-state index in [1.165, 1.54) is 13.0 Å². The van der Waals surface area contributed by atoms with Gasteiger partial charge in [-0.15, -0.1) is 11.3 Å². The monoisotopic (exact) mass is 351 g/mol. The van der Waals surface area contributed by atoms with Crippen molar-refractivity contribution in [2.45, 2.75) is 13.3 Å². The van der Waals surface area contributed by atoms with Crippen LogP contribution in [0.5, 0.6) is 5.75 Å². The molecule has 0 unspecified atom stereocenters. The van der Waals surface area contributed by atoms with E-state index < -0.39 is 35.0 Å². The van der Waals surface area contributed by atoms with Crippen molar-refractivity contribution in [3.8, 4) is 5.75 Å². The maximum Gasteiger partial charge on any atom is 0.307 e. The van der Waals surface area contributed by atoms with Crippen LogP contribution in [0.2, 0.25) is 0 Å². The van der Waals surface area contributed by atoms with E-state index in [1.807, 2.05) is 0 Å². The number of aromatic hydroxyl groups is 1. The van der Waals surface area contributed by atoms with E-state index >= 15 is 0 Å². The van der Waals surface area contributed by atoms with E-state index in [4.69, 9.17) is 5.11 Å². The van der Waals surface area contributed by atoms with Gasteiger partial charge in [-0.1, -0.05) is 0 Å². The van der Waals surface area contributed by atoms with Crippen molar-refractivity contribution >= 4 is 34.1 Å². The van der Waals surface area contributed by atoms with Gasteiger partial charge in [0, 0.05) is 17.1 Å². The number of carboxylic acids is 1. The second kappa shape index (κ2) is 5.72. The van der Waals surface area contributed by atoms with Crippen LogP contribution in [0.4, 0.5) is 8.78 Å². The Morgan fingerprint density at radius 1 is 1.25 bits per heavy atom. The van der Waals surface area contributed by atoms with Crippen LogP contribution < -0.4 is 0 Å². The van der Waals surface area contributed by atoms with E-state index in [0.717, 1.165) is 22.8 Å². The van der Waals surface area contributed by atoms with Gasteiger partial charge in [0.1, 0.15) is 0 Å². The Kier molecular flexibility index (Phi) is 3.84. The van der Waals surface area contributed by atoms with E-state index in [9.17, 15) is 23.5 Å². The summed E-state index contributed by atoms with van der Waals surface area (Å²) in [5.74, 6) is -3.29. The van der Waals surface area contributed by atoms with Crippen molar-refractivity contribution in [1.29, 1.82) is 0 Å². The zero-order valence-electron chi connectivity index (χ0n) is 12.3. The molecule has 0 fully saturated rings. The maximum absolute atomic E-state index is 13.8. The number of hydrogen-bond donors (Lipinski definition) is 2. The van der Waals surface area contributed by atoms with Gasteiger partial charge in [-0.25, -0.2) is 4.39 Å². The summed E-state index contributed by atoms with van der Waals surface area (Å²) in [4.78, 5) is 23.9. The predicted molar refractivity (Wildman–Crippen MR) is 83.6 cm³/mol. The molecule has 1 aromatic carbocycles. The first-order chi connectivity index (χ1) is 11.3. The summed E-state index contributed by atoms with van der Waals surface area (Å²) in [5.41, 5.74) is 0.715. The lowest BCUT2D eigenvalue weighted by Gasteiger charge is -2.05. The van der Waals surface area contributed by atoms with Crippen molar-refractivity contribution in [2.24, 2.45) is 0 Å². The number of carbonyl (C=O) groups excluding carboxylic acids is 1. The molecule has 3 aromatic rings. The third-order valence-electron chi connectivity index (χ3n) is 3.72. The Hall–Kier alpha value is -2.74. The smallest absolute Gasteiger partial charge is 0.307 e. The largest absolute Gasteiger partial charge is 0.505 e. The zero-order chi connectivity index (χ0) is 17.6. The minimum atomic E-state index is -1.13. The Labute approximate surface area is 138 Å². The highest BCUT2D eigenvalue weighted by Crippen LogP contribution is 2.32. The average molecular weight is 351 g/mol. The van der Waals surface area contributed by atoms with Crippen LogP contribution in [-0.2, 0) is 11.2 Å². The molecule has 0 atom stereocenters. The number of hydrogen-bond acceptors (Lipinski definition) is 4. The van der Waals surface area contributed by atoms with Crippen molar-refractivity contribution in [3.05, 3.63) is 51.3 Å². The Bertz CT molecular complexity index is 990. The van der Waals surface area contributed by atoms with Gasteiger partial charge in [0.25, 0.3) is 5.91 Å². The number of aromatic nitrogens is 1. The summed E-state index contributed by atoms with van der Waals surface area (Å²) >= 11 is 0.642. The molecule has 3 rings (SSSR count). The Morgan fingerprint density at radius 2 is 1.96 bits per heavy atom. The van der Waals surface area contributed by atoms with Crippen molar-refractivity contribution in [2.75, 3.05) is 0 Å². The van der Waals surface area contributed by atoms with Crippen LogP contribution in [-0.4, -0.2) is 26.7 Å². The normalized spacial score (nSPS) is 11.1. The van der Waals surface area contributed by atoms with Gasteiger partial charge in [-0.05, 0) is 30.7 Å².